The van der Waals surface area contributed by atoms with Crippen LogP contribution in [0.2, 0.25) is 0 Å². The standard InChI is InChI=1S/C31H36N2O/c1-7-9-24-20(2)18-19-32-29(24)26-16-17-27-25(21(26)3)10-8-11-28(27)33-30(34)22-12-14-23(15-13-22)31(4,5)6/h7,9,12-19,28H,8,10-11H2,1-6H3,(H,33,34)/b9-7-. The Kier molecular flexibility index (Phi) is 6.74. The summed E-state index contributed by atoms with van der Waals surface area (Å²) in [6.07, 6.45) is 9.17. The Balaban J connectivity index is 1.63. The molecule has 3 nitrogen and oxygen atoms in total. The van der Waals surface area contributed by atoms with Crippen LogP contribution >= 0.6 is 0 Å². The number of aromatic nitrogens is 1. The summed E-state index contributed by atoms with van der Waals surface area (Å²) in [5, 5.41) is 3.31. The number of pyridine rings is 1. The summed E-state index contributed by atoms with van der Waals surface area (Å²) in [4.78, 5) is 17.8. The molecule has 4 rings (SSSR count). The first-order valence-corrected chi connectivity index (χ1v) is 12.3. The molecule has 0 bridgehead atoms. The molecule has 1 unspecified atom stereocenters. The van der Waals surface area contributed by atoms with Crippen molar-refractivity contribution in [2.45, 2.75) is 72.3 Å². The molecular weight excluding hydrogens is 416 g/mol. The number of rotatable bonds is 4. The van der Waals surface area contributed by atoms with Gasteiger partial charge in [0.1, 0.15) is 0 Å². The van der Waals surface area contributed by atoms with Gasteiger partial charge in [-0.2, -0.15) is 0 Å². The van der Waals surface area contributed by atoms with Crippen LogP contribution in [0.5, 0.6) is 0 Å². The Hall–Kier alpha value is -3.20. The van der Waals surface area contributed by atoms with Crippen LogP contribution in [0.15, 0.2) is 54.7 Å². The Labute approximate surface area is 204 Å². The number of nitrogens with one attached hydrogen (secondary N) is 1. The molecule has 3 aromatic rings. The average Bonchev–Trinajstić information content (AvgIpc) is 2.81. The van der Waals surface area contributed by atoms with E-state index in [4.69, 9.17) is 4.98 Å². The number of aryl methyl sites for hydroxylation is 1. The minimum Gasteiger partial charge on any atom is -0.345 e. The summed E-state index contributed by atoms with van der Waals surface area (Å²) in [6.45, 7) is 12.9. The molecule has 1 amide bonds. The maximum Gasteiger partial charge on any atom is 0.251 e. The normalized spacial score (nSPS) is 15.9. The maximum atomic E-state index is 13.1. The van der Waals surface area contributed by atoms with Gasteiger partial charge >= 0.3 is 0 Å². The number of allylic oxidation sites excluding steroid dienone is 1. The molecule has 1 aliphatic carbocycles. The van der Waals surface area contributed by atoms with Crippen LogP contribution in [0.1, 0.15) is 90.3 Å². The Morgan fingerprint density at radius 3 is 2.47 bits per heavy atom. The summed E-state index contributed by atoms with van der Waals surface area (Å²) in [6, 6.07) is 14.5. The molecule has 176 valence electrons. The second-order valence-corrected chi connectivity index (χ2v) is 10.4. The van der Waals surface area contributed by atoms with Crippen LogP contribution in [0.4, 0.5) is 0 Å². The van der Waals surface area contributed by atoms with E-state index in [1.165, 1.54) is 38.9 Å². The summed E-state index contributed by atoms with van der Waals surface area (Å²) in [5.41, 5.74) is 10.5. The number of carbonyl (C=O) groups is 1. The van der Waals surface area contributed by atoms with Gasteiger partial charge in [-0.15, -0.1) is 0 Å². The van der Waals surface area contributed by atoms with E-state index in [1.807, 2.05) is 25.3 Å². The zero-order chi connectivity index (χ0) is 24.5. The van der Waals surface area contributed by atoms with Gasteiger partial charge in [-0.3, -0.25) is 9.78 Å². The molecule has 1 N–H and O–H groups in total. The van der Waals surface area contributed by atoms with E-state index in [1.54, 1.807) is 0 Å². The van der Waals surface area contributed by atoms with Gasteiger partial charge < -0.3 is 5.32 Å². The Morgan fingerprint density at radius 1 is 1.06 bits per heavy atom. The van der Waals surface area contributed by atoms with Gasteiger partial charge in [0.25, 0.3) is 5.91 Å². The molecule has 0 radical (unpaired) electrons. The number of hydrogen-bond donors (Lipinski definition) is 1. The fraction of sp³-hybridized carbons (Fsp3) is 0.355. The Morgan fingerprint density at radius 2 is 1.79 bits per heavy atom. The van der Waals surface area contributed by atoms with E-state index < -0.39 is 0 Å². The summed E-state index contributed by atoms with van der Waals surface area (Å²) in [5.74, 6) is -0.00393. The van der Waals surface area contributed by atoms with Crippen LogP contribution in [0, 0.1) is 13.8 Å². The van der Waals surface area contributed by atoms with Crippen LogP contribution in [0.3, 0.4) is 0 Å². The van der Waals surface area contributed by atoms with E-state index in [9.17, 15) is 4.79 Å². The summed E-state index contributed by atoms with van der Waals surface area (Å²) in [7, 11) is 0. The molecule has 0 spiro atoms. The highest BCUT2D eigenvalue weighted by Crippen LogP contribution is 2.37. The molecule has 1 aliphatic rings. The van der Waals surface area contributed by atoms with E-state index in [0.717, 1.165) is 25.0 Å². The highest BCUT2D eigenvalue weighted by atomic mass is 16.1. The fourth-order valence-corrected chi connectivity index (χ4v) is 5.01. The van der Waals surface area contributed by atoms with Crippen molar-refractivity contribution in [2.75, 3.05) is 0 Å². The van der Waals surface area contributed by atoms with Crippen molar-refractivity contribution >= 4 is 12.0 Å². The molecule has 1 aromatic heterocycles. The number of hydrogen-bond acceptors (Lipinski definition) is 2. The van der Waals surface area contributed by atoms with Gasteiger partial charge in [-0.25, -0.2) is 0 Å². The molecule has 2 aromatic carbocycles. The SMILES string of the molecule is C/C=C\c1c(C)ccnc1-c1ccc2c(c1C)CCCC2NC(=O)c1ccc(C(C)(C)C)cc1. The smallest absolute Gasteiger partial charge is 0.251 e. The van der Waals surface area contributed by atoms with Crippen LogP contribution in [-0.2, 0) is 11.8 Å². The second kappa shape index (κ2) is 9.58. The first-order chi connectivity index (χ1) is 16.2. The van der Waals surface area contributed by atoms with Gasteiger partial charge in [0.15, 0.2) is 0 Å². The molecule has 34 heavy (non-hydrogen) atoms. The lowest BCUT2D eigenvalue weighted by Crippen LogP contribution is -2.31. The molecule has 0 fully saturated rings. The molecule has 0 saturated carbocycles. The van der Waals surface area contributed by atoms with Crippen molar-refractivity contribution in [1.29, 1.82) is 0 Å². The van der Waals surface area contributed by atoms with Crippen molar-refractivity contribution in [3.8, 4) is 11.3 Å². The van der Waals surface area contributed by atoms with Crippen LogP contribution in [0.25, 0.3) is 17.3 Å². The Bertz CT molecular complexity index is 1230. The third kappa shape index (κ3) is 4.70. The fourth-order valence-electron chi connectivity index (χ4n) is 5.01. The third-order valence-electron chi connectivity index (χ3n) is 7.04. The van der Waals surface area contributed by atoms with Crippen molar-refractivity contribution in [2.24, 2.45) is 0 Å². The average molecular weight is 453 g/mol. The molecule has 1 heterocycles. The molecule has 0 aliphatic heterocycles. The summed E-state index contributed by atoms with van der Waals surface area (Å²) < 4.78 is 0. The zero-order valence-corrected chi connectivity index (χ0v) is 21.3. The lowest BCUT2D eigenvalue weighted by atomic mass is 9.82. The summed E-state index contributed by atoms with van der Waals surface area (Å²) >= 11 is 0. The quantitative estimate of drug-likeness (QED) is 0.445. The van der Waals surface area contributed by atoms with Crippen molar-refractivity contribution in [3.05, 3.63) is 93.7 Å². The largest absolute Gasteiger partial charge is 0.345 e. The van der Waals surface area contributed by atoms with E-state index >= 15 is 0 Å². The lowest BCUT2D eigenvalue weighted by Gasteiger charge is -2.29. The van der Waals surface area contributed by atoms with Crippen molar-refractivity contribution in [3.63, 3.8) is 0 Å². The predicted molar refractivity (Wildman–Crippen MR) is 142 cm³/mol. The number of benzene rings is 2. The molecule has 0 saturated heterocycles. The topological polar surface area (TPSA) is 42.0 Å². The maximum absolute atomic E-state index is 13.1. The minimum absolute atomic E-state index is 0.00393. The predicted octanol–water partition coefficient (Wildman–Crippen LogP) is 7.50. The van der Waals surface area contributed by atoms with Gasteiger partial charge in [0, 0.05) is 22.9 Å². The van der Waals surface area contributed by atoms with Gasteiger partial charge in [0.05, 0.1) is 11.7 Å². The molecule has 3 heteroatoms. The van der Waals surface area contributed by atoms with E-state index in [-0.39, 0.29) is 17.4 Å². The first kappa shape index (κ1) is 23.9. The molecular formula is C31H36N2O. The number of nitrogens with zero attached hydrogens (tertiary/aromatic N) is 1. The number of amides is 1. The zero-order valence-electron chi connectivity index (χ0n) is 21.3. The van der Waals surface area contributed by atoms with E-state index in [2.05, 4.69) is 82.4 Å². The minimum atomic E-state index is -0.00393. The number of fused-ring (bicyclic) bond motifs is 1. The second-order valence-electron chi connectivity index (χ2n) is 10.4. The van der Waals surface area contributed by atoms with E-state index in [0.29, 0.717) is 5.56 Å². The van der Waals surface area contributed by atoms with Crippen LogP contribution in [-0.4, -0.2) is 10.9 Å². The van der Waals surface area contributed by atoms with Gasteiger partial charge in [-0.05, 0) is 91.5 Å². The van der Waals surface area contributed by atoms with Crippen molar-refractivity contribution < 1.29 is 4.79 Å². The molecule has 1 atom stereocenters. The highest BCUT2D eigenvalue weighted by Gasteiger charge is 2.25. The highest BCUT2D eigenvalue weighted by molar-refractivity contribution is 5.94. The number of carbonyl (C=O) groups excluding carboxylic acids is 1. The van der Waals surface area contributed by atoms with Gasteiger partial charge in [0.2, 0.25) is 0 Å². The first-order valence-electron chi connectivity index (χ1n) is 12.3. The monoisotopic (exact) mass is 452 g/mol. The van der Waals surface area contributed by atoms with Crippen molar-refractivity contribution in [1.82, 2.24) is 10.3 Å². The lowest BCUT2D eigenvalue weighted by molar-refractivity contribution is 0.0932. The van der Waals surface area contributed by atoms with Crippen LogP contribution < -0.4 is 5.32 Å². The third-order valence-corrected chi connectivity index (χ3v) is 7.04. The van der Waals surface area contributed by atoms with Gasteiger partial charge in [-0.1, -0.05) is 57.2 Å².